The third-order valence-electron chi connectivity index (χ3n) is 3.38. The molecule has 6 heteroatoms. The molecule has 0 unspecified atom stereocenters. The van der Waals surface area contributed by atoms with Gasteiger partial charge in [0, 0.05) is 10.6 Å². The molecular weight excluding hydrogens is 316 g/mol. The summed E-state index contributed by atoms with van der Waals surface area (Å²) in [5.41, 5.74) is 1.29. The van der Waals surface area contributed by atoms with Gasteiger partial charge in [-0.15, -0.1) is 0 Å². The Hall–Kier alpha value is -2.79. The van der Waals surface area contributed by atoms with Gasteiger partial charge in [-0.05, 0) is 36.4 Å². The molecule has 1 aliphatic rings. The summed E-state index contributed by atoms with van der Waals surface area (Å²) >= 11 is 5.98. The van der Waals surface area contributed by atoms with Crippen LogP contribution < -0.4 is 15.0 Å². The molecule has 0 bridgehead atoms. The average Bonchev–Trinajstić information content (AvgIpc) is 2.82. The molecule has 0 spiro atoms. The Labute approximate surface area is 138 Å². The van der Waals surface area contributed by atoms with Gasteiger partial charge < -0.3 is 10.1 Å². The first-order valence-corrected chi connectivity index (χ1v) is 7.23. The highest BCUT2D eigenvalue weighted by Crippen LogP contribution is 2.27. The summed E-state index contributed by atoms with van der Waals surface area (Å²) in [6.07, 6.45) is 1.55. The molecule has 3 amide bonds. The van der Waals surface area contributed by atoms with Crippen molar-refractivity contribution in [2.75, 3.05) is 12.0 Å². The largest absolute Gasteiger partial charge is 0.496 e. The maximum atomic E-state index is 12.5. The minimum Gasteiger partial charge on any atom is -0.496 e. The second-order valence-electron chi connectivity index (χ2n) is 4.85. The lowest BCUT2D eigenvalue weighted by Crippen LogP contribution is -2.30. The van der Waals surface area contributed by atoms with Crippen LogP contribution in [0.1, 0.15) is 5.56 Å². The molecule has 0 aromatic heterocycles. The van der Waals surface area contributed by atoms with Gasteiger partial charge in [-0.1, -0.05) is 29.8 Å². The molecule has 1 N–H and O–H groups in total. The van der Waals surface area contributed by atoms with Gasteiger partial charge in [0.2, 0.25) is 0 Å². The predicted octanol–water partition coefficient (Wildman–Crippen LogP) is 3.45. The minimum atomic E-state index is -0.492. The molecule has 23 heavy (non-hydrogen) atoms. The number of benzene rings is 2. The number of imide groups is 1. The van der Waals surface area contributed by atoms with E-state index in [2.05, 4.69) is 5.32 Å². The average molecular weight is 329 g/mol. The molecule has 1 saturated heterocycles. The standard InChI is InChI=1S/C17H13ClN2O3/c1-23-15-8-7-12(18)9-11(15)10-14-16(21)20(17(22)19-14)13-5-3-2-4-6-13/h2-10H,1H3,(H,19,22). The number of hydrogen-bond acceptors (Lipinski definition) is 3. The number of amides is 3. The van der Waals surface area contributed by atoms with Crippen LogP contribution in [0, 0.1) is 0 Å². The number of anilines is 1. The summed E-state index contributed by atoms with van der Waals surface area (Å²) < 4.78 is 5.24. The van der Waals surface area contributed by atoms with Gasteiger partial charge in [0.15, 0.2) is 0 Å². The molecule has 2 aromatic rings. The summed E-state index contributed by atoms with van der Waals surface area (Å²) in [5, 5.41) is 3.08. The number of halogens is 1. The molecule has 1 fully saturated rings. The number of methoxy groups -OCH3 is 1. The molecule has 116 valence electrons. The molecule has 0 atom stereocenters. The lowest BCUT2D eigenvalue weighted by molar-refractivity contribution is -0.113. The molecule has 5 nitrogen and oxygen atoms in total. The van der Waals surface area contributed by atoms with Gasteiger partial charge in [0.1, 0.15) is 11.4 Å². The van der Waals surface area contributed by atoms with E-state index >= 15 is 0 Å². The van der Waals surface area contributed by atoms with Crippen molar-refractivity contribution in [1.82, 2.24) is 5.32 Å². The first-order valence-electron chi connectivity index (χ1n) is 6.86. The van der Waals surface area contributed by atoms with Crippen molar-refractivity contribution in [2.45, 2.75) is 0 Å². The van der Waals surface area contributed by atoms with Crippen LogP contribution in [0.2, 0.25) is 5.02 Å². The highest BCUT2D eigenvalue weighted by atomic mass is 35.5. The van der Waals surface area contributed by atoms with Gasteiger partial charge in [-0.2, -0.15) is 0 Å². The predicted molar refractivity (Wildman–Crippen MR) is 88.4 cm³/mol. The van der Waals surface area contributed by atoms with E-state index in [1.54, 1.807) is 48.5 Å². The Balaban J connectivity index is 1.98. The third kappa shape index (κ3) is 2.91. The normalized spacial score (nSPS) is 15.9. The highest BCUT2D eigenvalue weighted by Gasteiger charge is 2.34. The Morgan fingerprint density at radius 3 is 2.57 bits per heavy atom. The van der Waals surface area contributed by atoms with E-state index in [0.29, 0.717) is 22.0 Å². The summed E-state index contributed by atoms with van der Waals surface area (Å²) in [7, 11) is 1.52. The number of para-hydroxylation sites is 1. The molecule has 3 rings (SSSR count). The molecule has 0 radical (unpaired) electrons. The van der Waals surface area contributed by atoms with Crippen LogP contribution in [0.4, 0.5) is 10.5 Å². The smallest absolute Gasteiger partial charge is 0.333 e. The van der Waals surface area contributed by atoms with Crippen LogP contribution in [0.5, 0.6) is 5.75 Å². The first kappa shape index (κ1) is 15.1. The monoisotopic (exact) mass is 328 g/mol. The van der Waals surface area contributed by atoms with E-state index < -0.39 is 11.9 Å². The Morgan fingerprint density at radius 1 is 1.13 bits per heavy atom. The molecule has 1 aliphatic heterocycles. The van der Waals surface area contributed by atoms with Crippen molar-refractivity contribution in [2.24, 2.45) is 0 Å². The lowest BCUT2D eigenvalue weighted by Gasteiger charge is -2.11. The second kappa shape index (κ2) is 6.14. The summed E-state index contributed by atoms with van der Waals surface area (Å²) in [6, 6.07) is 13.3. The number of carbonyl (C=O) groups excluding carboxylic acids is 2. The van der Waals surface area contributed by atoms with E-state index in [1.807, 2.05) is 6.07 Å². The fourth-order valence-corrected chi connectivity index (χ4v) is 2.50. The highest BCUT2D eigenvalue weighted by molar-refractivity contribution is 6.31. The van der Waals surface area contributed by atoms with Gasteiger partial charge in [-0.25, -0.2) is 9.69 Å². The summed E-state index contributed by atoms with van der Waals surface area (Å²) in [6.45, 7) is 0. The van der Waals surface area contributed by atoms with E-state index in [0.717, 1.165) is 4.90 Å². The zero-order valence-electron chi connectivity index (χ0n) is 12.2. The number of hydrogen-bond donors (Lipinski definition) is 1. The van der Waals surface area contributed by atoms with Crippen LogP contribution in [0.3, 0.4) is 0 Å². The van der Waals surface area contributed by atoms with Crippen molar-refractivity contribution < 1.29 is 14.3 Å². The quantitative estimate of drug-likeness (QED) is 0.693. The number of nitrogens with one attached hydrogen (secondary N) is 1. The van der Waals surface area contributed by atoms with Crippen molar-refractivity contribution in [1.29, 1.82) is 0 Å². The molecule has 2 aromatic carbocycles. The molecule has 0 aliphatic carbocycles. The third-order valence-corrected chi connectivity index (χ3v) is 3.62. The number of rotatable bonds is 3. The van der Waals surface area contributed by atoms with Crippen molar-refractivity contribution in [3.63, 3.8) is 0 Å². The Kier molecular flexibility index (Phi) is 4.04. The van der Waals surface area contributed by atoms with Gasteiger partial charge in [0.25, 0.3) is 5.91 Å². The topological polar surface area (TPSA) is 58.6 Å². The number of carbonyl (C=O) groups is 2. The van der Waals surface area contributed by atoms with E-state index in [1.165, 1.54) is 7.11 Å². The SMILES string of the molecule is COc1ccc(Cl)cc1C=C1NC(=O)N(c2ccccc2)C1=O. The van der Waals surface area contributed by atoms with Crippen molar-refractivity contribution in [3.8, 4) is 5.75 Å². The number of urea groups is 1. The molecule has 1 heterocycles. The van der Waals surface area contributed by atoms with Crippen LogP contribution in [0.15, 0.2) is 54.2 Å². The summed E-state index contributed by atoms with van der Waals surface area (Å²) in [4.78, 5) is 25.7. The van der Waals surface area contributed by atoms with Crippen LogP contribution in [-0.4, -0.2) is 19.0 Å². The maximum Gasteiger partial charge on any atom is 0.333 e. The first-order chi connectivity index (χ1) is 11.1. The molecule has 0 saturated carbocycles. The van der Waals surface area contributed by atoms with E-state index in [-0.39, 0.29) is 5.70 Å². The van der Waals surface area contributed by atoms with Gasteiger partial charge in [0.05, 0.1) is 12.8 Å². The van der Waals surface area contributed by atoms with Crippen LogP contribution in [-0.2, 0) is 4.79 Å². The Bertz CT molecular complexity index is 803. The Morgan fingerprint density at radius 2 is 1.87 bits per heavy atom. The van der Waals surface area contributed by atoms with E-state index in [4.69, 9.17) is 16.3 Å². The zero-order chi connectivity index (χ0) is 16.4. The van der Waals surface area contributed by atoms with Crippen molar-refractivity contribution in [3.05, 3.63) is 64.8 Å². The number of ether oxygens (including phenoxy) is 1. The fraction of sp³-hybridized carbons (Fsp3) is 0.0588. The fourth-order valence-electron chi connectivity index (χ4n) is 2.32. The second-order valence-corrected chi connectivity index (χ2v) is 5.29. The lowest BCUT2D eigenvalue weighted by atomic mass is 10.1. The zero-order valence-corrected chi connectivity index (χ0v) is 13.0. The maximum absolute atomic E-state index is 12.5. The van der Waals surface area contributed by atoms with Gasteiger partial charge >= 0.3 is 6.03 Å². The van der Waals surface area contributed by atoms with Crippen LogP contribution in [0.25, 0.3) is 6.08 Å². The number of nitrogens with zero attached hydrogens (tertiary/aromatic N) is 1. The van der Waals surface area contributed by atoms with Crippen molar-refractivity contribution >= 4 is 35.3 Å². The van der Waals surface area contributed by atoms with Gasteiger partial charge in [-0.3, -0.25) is 4.79 Å². The van der Waals surface area contributed by atoms with Crippen LogP contribution >= 0.6 is 11.6 Å². The molecular formula is C17H13ClN2O3. The van der Waals surface area contributed by atoms with E-state index in [9.17, 15) is 9.59 Å². The summed E-state index contributed by atoms with van der Waals surface area (Å²) in [5.74, 6) is 0.130. The minimum absolute atomic E-state index is 0.166.